The monoisotopic (exact) mass is 1700 g/mol. The second-order valence-corrected chi connectivity index (χ2v) is 37.3. The number of aromatic nitrogens is 4. The van der Waals surface area contributed by atoms with Crippen LogP contribution in [0.1, 0.15) is 49.9 Å². The summed E-state index contributed by atoms with van der Waals surface area (Å²) in [4.78, 5) is 21.6. The normalized spacial score (nSPS) is 12.9. The van der Waals surface area contributed by atoms with Crippen LogP contribution in [0.2, 0.25) is 0 Å². The Morgan fingerprint density at radius 2 is 0.455 bits per heavy atom. The standard InChI is InChI=1S/C66H48N2.C64H38N2/c1-65(2)57-25-15-13-22-49(57)51-33-31-45(35-59(51)65)55-40-63(46-32-34-52-50-23-14-16-26-58(50)66(3,4)60(52)36-46)68-64-53-24-12-11-21-48(53)54(39-56(55)64)42-27-29-44(30-28-42)62-38-47(41-17-7-5-8-18-41)37-61(67-62)43-19-9-6-10-20-43;1-12-24-61-40(13-1)31-34-62(65-61)41-27-25-39(26-28-41)56-37-60-57(42-29-32-53-48-18-4-2-14-44(48)46-16-6-8-20-50(46)58(53)35-42)38-63(66-64(60)55-23-11-10-22-52(55)56)43-30-33-54-49-19-5-3-15-45(49)47-17-7-9-21-51(47)59(54)36-43/h5-40H,1-4H3;1-38H. The van der Waals surface area contributed by atoms with E-state index in [-0.39, 0.29) is 10.8 Å². The van der Waals surface area contributed by atoms with Gasteiger partial charge >= 0.3 is 0 Å². The Balaban J connectivity index is 0.000000140. The molecule has 0 saturated carbocycles. The molecule has 0 bridgehead atoms. The highest BCUT2D eigenvalue weighted by Gasteiger charge is 2.38. The number of hydrogen-bond donors (Lipinski definition) is 0. The summed E-state index contributed by atoms with van der Waals surface area (Å²) in [5.74, 6) is 0. The molecule has 4 nitrogen and oxygen atoms in total. The van der Waals surface area contributed by atoms with E-state index in [0.717, 1.165) is 128 Å². The summed E-state index contributed by atoms with van der Waals surface area (Å²) in [5.41, 5.74) is 35.4. The van der Waals surface area contributed by atoms with E-state index in [9.17, 15) is 0 Å². The van der Waals surface area contributed by atoms with Gasteiger partial charge in [0.05, 0.1) is 45.0 Å². The highest BCUT2D eigenvalue weighted by Crippen LogP contribution is 2.54. The zero-order chi connectivity index (χ0) is 89.0. The summed E-state index contributed by atoms with van der Waals surface area (Å²) in [6.45, 7) is 9.44. The van der Waals surface area contributed by atoms with Crippen LogP contribution in [-0.2, 0) is 10.8 Å². The molecule has 0 unspecified atom stereocenters. The number of para-hydroxylation sites is 1. The van der Waals surface area contributed by atoms with Crippen molar-refractivity contribution in [3.63, 3.8) is 0 Å². The summed E-state index contributed by atoms with van der Waals surface area (Å²) in [6.07, 6.45) is 0. The molecule has 0 fully saturated rings. The Kier molecular flexibility index (Phi) is 18.0. The van der Waals surface area contributed by atoms with E-state index < -0.39 is 0 Å². The maximum Gasteiger partial charge on any atom is 0.0794 e. The van der Waals surface area contributed by atoms with Gasteiger partial charge in [0.25, 0.3) is 0 Å². The lowest BCUT2D eigenvalue weighted by atomic mass is 9.81. The molecule has 2 aliphatic rings. The van der Waals surface area contributed by atoms with Crippen LogP contribution in [0.25, 0.3) is 253 Å². The van der Waals surface area contributed by atoms with Gasteiger partial charge in [0.1, 0.15) is 0 Å². The Labute approximate surface area is 777 Å². The van der Waals surface area contributed by atoms with E-state index >= 15 is 0 Å². The predicted molar refractivity (Wildman–Crippen MR) is 566 cm³/mol. The second kappa shape index (κ2) is 30.9. The van der Waals surface area contributed by atoms with E-state index in [4.69, 9.17) is 19.9 Å². The first-order valence-electron chi connectivity index (χ1n) is 46.5. The van der Waals surface area contributed by atoms with Gasteiger partial charge in [0.2, 0.25) is 0 Å². The summed E-state index contributed by atoms with van der Waals surface area (Å²) in [7, 11) is 0. The molecular formula is C130H86N4. The van der Waals surface area contributed by atoms with Crippen molar-refractivity contribution in [2.24, 2.45) is 0 Å². The van der Waals surface area contributed by atoms with Crippen LogP contribution in [0.3, 0.4) is 0 Å². The third-order valence-corrected chi connectivity index (χ3v) is 29.1. The van der Waals surface area contributed by atoms with E-state index in [1.807, 2.05) is 6.07 Å². The van der Waals surface area contributed by atoms with Crippen molar-refractivity contribution < 1.29 is 0 Å². The molecule has 21 aromatic carbocycles. The minimum absolute atomic E-state index is 0.121. The average molecular weight is 1700 g/mol. The molecular weight excluding hydrogens is 1620 g/mol. The van der Waals surface area contributed by atoms with Gasteiger partial charge in [0.15, 0.2) is 0 Å². The van der Waals surface area contributed by atoms with Crippen molar-refractivity contribution in [3.8, 4) is 134 Å². The van der Waals surface area contributed by atoms with Gasteiger partial charge < -0.3 is 0 Å². The molecule has 25 aromatic rings. The molecule has 0 N–H and O–H groups in total. The first-order chi connectivity index (χ1) is 65.9. The first-order valence-corrected chi connectivity index (χ1v) is 46.5. The lowest BCUT2D eigenvalue weighted by Crippen LogP contribution is -2.15. The van der Waals surface area contributed by atoms with Crippen molar-refractivity contribution >= 4 is 119 Å². The summed E-state index contributed by atoms with van der Waals surface area (Å²) in [6, 6.07) is 164. The lowest BCUT2D eigenvalue weighted by Gasteiger charge is -2.23. The third kappa shape index (κ3) is 12.7. The highest BCUT2D eigenvalue weighted by molar-refractivity contribution is 6.28. The van der Waals surface area contributed by atoms with Crippen LogP contribution < -0.4 is 0 Å². The number of benzene rings is 21. The fourth-order valence-electron chi connectivity index (χ4n) is 22.3. The minimum atomic E-state index is -0.134. The maximum atomic E-state index is 5.67. The Morgan fingerprint density at radius 1 is 0.142 bits per heavy atom. The van der Waals surface area contributed by atoms with Crippen molar-refractivity contribution in [1.82, 2.24) is 19.9 Å². The molecule has 0 atom stereocenters. The molecule has 626 valence electrons. The van der Waals surface area contributed by atoms with Crippen LogP contribution in [0.5, 0.6) is 0 Å². The van der Waals surface area contributed by atoms with Crippen molar-refractivity contribution in [1.29, 1.82) is 0 Å². The zero-order valence-corrected chi connectivity index (χ0v) is 74.5. The SMILES string of the molecule is CC1(C)c2ccccc2-c2ccc(-c3cc(-c4ccc5c(c4)C(C)(C)c4ccccc4-5)c4cc(-c5ccc(-c6cc(-c7ccccc7)cc(-c7ccccc7)n6)cc5)c5ccccc5c4n3)cc21.c1ccc2nc(-c3ccc(-c4cc5c(-c6ccc7c8ccccc8c8ccccc8c7c6)cc(-c6ccc7c8ccccc8c8ccccc8c7c6)nc5c5ccccc45)cc3)ccc2c1. The molecule has 0 spiro atoms. The lowest BCUT2D eigenvalue weighted by molar-refractivity contribution is 0.660. The topological polar surface area (TPSA) is 51.6 Å². The number of hydrogen-bond acceptors (Lipinski definition) is 4. The van der Waals surface area contributed by atoms with Crippen molar-refractivity contribution in [3.05, 3.63) is 471 Å². The van der Waals surface area contributed by atoms with Crippen LogP contribution in [0.4, 0.5) is 0 Å². The van der Waals surface area contributed by atoms with Gasteiger partial charge in [-0.3, -0.25) is 0 Å². The number of rotatable bonds is 10. The summed E-state index contributed by atoms with van der Waals surface area (Å²) >= 11 is 0. The predicted octanol–water partition coefficient (Wildman–Crippen LogP) is 34.9. The third-order valence-electron chi connectivity index (χ3n) is 29.1. The van der Waals surface area contributed by atoms with E-state index in [1.54, 1.807) is 0 Å². The van der Waals surface area contributed by atoms with Gasteiger partial charge in [0, 0.05) is 65.6 Å². The van der Waals surface area contributed by atoms with Crippen LogP contribution >= 0.6 is 0 Å². The molecule has 0 saturated heterocycles. The van der Waals surface area contributed by atoms with Gasteiger partial charge in [-0.15, -0.1) is 0 Å². The molecule has 4 heteroatoms. The Morgan fingerprint density at radius 3 is 0.948 bits per heavy atom. The largest absolute Gasteiger partial charge is 0.248 e. The molecule has 0 radical (unpaired) electrons. The number of fused-ring (bicyclic) bond motifs is 25. The van der Waals surface area contributed by atoms with Gasteiger partial charge in [-0.05, 0) is 248 Å². The molecule has 134 heavy (non-hydrogen) atoms. The smallest absolute Gasteiger partial charge is 0.0794 e. The van der Waals surface area contributed by atoms with Gasteiger partial charge in [-0.1, -0.05) is 404 Å². The van der Waals surface area contributed by atoms with Crippen LogP contribution in [0, 0.1) is 0 Å². The number of pyridine rings is 4. The van der Waals surface area contributed by atoms with E-state index in [1.165, 1.54) is 148 Å². The van der Waals surface area contributed by atoms with Gasteiger partial charge in [-0.25, -0.2) is 19.9 Å². The maximum absolute atomic E-state index is 5.67. The van der Waals surface area contributed by atoms with Crippen molar-refractivity contribution in [2.45, 2.75) is 38.5 Å². The summed E-state index contributed by atoms with van der Waals surface area (Å²) < 4.78 is 0. The van der Waals surface area contributed by atoms with E-state index in [2.05, 4.69) is 471 Å². The second-order valence-electron chi connectivity index (χ2n) is 37.3. The minimum Gasteiger partial charge on any atom is -0.248 e. The zero-order valence-electron chi connectivity index (χ0n) is 74.5. The molecule has 0 amide bonds. The van der Waals surface area contributed by atoms with Crippen molar-refractivity contribution in [2.75, 3.05) is 0 Å². The van der Waals surface area contributed by atoms with Crippen LogP contribution in [0.15, 0.2) is 449 Å². The molecule has 2 aliphatic carbocycles. The molecule has 0 aliphatic heterocycles. The quantitative estimate of drug-likeness (QED) is 0.128. The fourth-order valence-corrected chi connectivity index (χ4v) is 22.3. The van der Waals surface area contributed by atoms with Crippen LogP contribution in [-0.4, -0.2) is 19.9 Å². The van der Waals surface area contributed by atoms with Gasteiger partial charge in [-0.2, -0.15) is 0 Å². The highest BCUT2D eigenvalue weighted by atomic mass is 14.7. The Bertz CT molecular complexity index is 9100. The average Bonchev–Trinajstić information content (AvgIpc) is 1.58. The Hall–Kier alpha value is -16.9. The number of nitrogens with zero attached hydrogens (tertiary/aromatic N) is 4. The van der Waals surface area contributed by atoms with E-state index in [0.29, 0.717) is 0 Å². The fraction of sp³-hybridized carbons (Fsp3) is 0.0462. The summed E-state index contributed by atoms with van der Waals surface area (Å²) in [5, 5.41) is 23.1. The molecule has 4 heterocycles. The molecule has 27 rings (SSSR count). The molecule has 4 aromatic heterocycles. The first kappa shape index (κ1) is 78.2.